The van der Waals surface area contributed by atoms with E-state index in [1.165, 1.54) is 0 Å². The molecule has 13 nitrogen and oxygen atoms in total. The number of alkyl carbamates (subject to hydrolysis) is 1. The fraction of sp³-hybridized carbons (Fsp3) is 0.634. The van der Waals surface area contributed by atoms with E-state index in [4.69, 9.17) is 33.2 Å². The van der Waals surface area contributed by atoms with E-state index in [0.717, 1.165) is 11.1 Å². The van der Waals surface area contributed by atoms with E-state index in [0.29, 0.717) is 56.9 Å². The van der Waals surface area contributed by atoms with Crippen LogP contribution in [-0.4, -0.2) is 105 Å². The van der Waals surface area contributed by atoms with Crippen LogP contribution in [-0.2, 0) is 112 Å². The Bertz CT molecular complexity index is 1440. The number of nitrogens with one attached hydrogen (secondary N) is 1. The van der Waals surface area contributed by atoms with Crippen molar-refractivity contribution in [1.82, 2.24) is 15.1 Å². The predicted molar refractivity (Wildman–Crippen MR) is 205 cm³/mol. The van der Waals surface area contributed by atoms with Gasteiger partial charge in [-0.3, -0.25) is 19.4 Å². The molecule has 0 aliphatic heterocycles. The zero-order chi connectivity index (χ0) is 40.4. The quantitative estimate of drug-likeness (QED) is 0.0467. The Balaban J connectivity index is 0.0000151. The van der Waals surface area contributed by atoms with Crippen LogP contribution in [0.3, 0.4) is 0 Å². The molecule has 1 unspecified atom stereocenters. The third kappa shape index (κ3) is 24.3. The molecule has 0 aliphatic rings. The van der Waals surface area contributed by atoms with Crippen LogP contribution in [0.4, 0.5) is 4.79 Å². The Morgan fingerprint density at radius 2 is 1.18 bits per heavy atom. The van der Waals surface area contributed by atoms with Crippen LogP contribution in [0.1, 0.15) is 92.7 Å². The van der Waals surface area contributed by atoms with Crippen LogP contribution in [0.25, 0.3) is 0 Å². The van der Waals surface area contributed by atoms with Gasteiger partial charge in [0.25, 0.3) is 0 Å². The molecule has 1 atom stereocenters. The van der Waals surface area contributed by atoms with Gasteiger partial charge in [0.15, 0.2) is 13.6 Å². The molecule has 310 valence electrons. The fourth-order valence-electron chi connectivity index (χ4n) is 5.43. The number of unbranched alkanes of at least 4 members (excludes halogenated alkanes) is 1. The number of carbonyl (C=O) groups is 3. The molecule has 2 rings (SSSR count). The third-order valence-corrected chi connectivity index (χ3v) is 7.38. The third-order valence-electron chi connectivity index (χ3n) is 7.38. The summed E-state index contributed by atoms with van der Waals surface area (Å²) in [6.45, 7) is 17.8. The summed E-state index contributed by atoms with van der Waals surface area (Å²) >= 11 is 0. The second-order valence-corrected chi connectivity index (χ2v) is 16.0. The summed E-state index contributed by atoms with van der Waals surface area (Å²) in [5.74, 6) is 0.397. The summed E-state index contributed by atoms with van der Waals surface area (Å²) in [5.41, 5.74) is -0.418. The van der Waals surface area contributed by atoms with E-state index in [2.05, 4.69) is 17.4 Å². The molecule has 0 saturated heterocycles. The maximum absolute atomic E-state index is 13.5. The van der Waals surface area contributed by atoms with Gasteiger partial charge in [-0.15, -0.1) is 23.3 Å². The summed E-state index contributed by atoms with van der Waals surface area (Å²) in [6, 6.07) is 16.7. The number of nitrogens with zero attached hydrogens (tertiary/aromatic N) is 2. The second kappa shape index (κ2) is 27.1. The topological polar surface area (TPSA) is 134 Å². The minimum absolute atomic E-state index is 0. The van der Waals surface area contributed by atoms with Crippen LogP contribution >= 0.6 is 0 Å². The van der Waals surface area contributed by atoms with Gasteiger partial charge in [-0.1, -0.05) is 6.42 Å². The number of ether oxygens (including phenoxy) is 7. The summed E-state index contributed by atoms with van der Waals surface area (Å²) in [4.78, 5) is 43.3. The first kappa shape index (κ1) is 54.3. The number of benzene rings is 2. The standard InChI is InChI=1S/C41H63N3O10.2Y/c1-39(2,3)52-36(45)27-43(24-31-18-12-14-21-34(31)50-29-48-10)26-33(20-16-17-23-42-38(47)54-41(7,8)9)44(28-37(46)53-40(4,5)6)25-32-19-13-15-22-35(32)51-30-49-11;;/h14-15,18-19,21-22,33H,16-17,20,23-30H2,1-11H3,(H,42,47);;/q-2;;. The maximum Gasteiger partial charge on any atom is 0.407 e. The Kier molecular flexibility index (Phi) is 26.3. The number of methoxy groups -OCH3 is 2. The summed E-state index contributed by atoms with van der Waals surface area (Å²) in [7, 11) is 3.10. The smallest absolute Gasteiger partial charge is 0.407 e. The van der Waals surface area contributed by atoms with E-state index in [9.17, 15) is 14.4 Å². The van der Waals surface area contributed by atoms with E-state index in [1.807, 2.05) is 84.2 Å². The molecule has 1 N–H and O–H groups in total. The van der Waals surface area contributed by atoms with Crippen molar-refractivity contribution < 1.29 is 113 Å². The molecule has 2 aromatic rings. The molecule has 0 aromatic heterocycles. The Morgan fingerprint density at radius 1 is 0.696 bits per heavy atom. The van der Waals surface area contributed by atoms with Crippen LogP contribution in [0.5, 0.6) is 11.5 Å². The summed E-state index contributed by atoms with van der Waals surface area (Å²) in [6.07, 6.45) is 1.44. The molecule has 0 aliphatic carbocycles. The van der Waals surface area contributed by atoms with Crippen LogP contribution < -0.4 is 14.8 Å². The zero-order valence-corrected chi connectivity index (χ0v) is 41.1. The minimum Gasteiger partial charge on any atom is -0.493 e. The number of esters is 2. The number of hydrogen-bond donors (Lipinski definition) is 1. The van der Waals surface area contributed by atoms with Gasteiger partial charge in [-0.05, 0) is 88.2 Å². The molecular formula is C41H63N3O10Y2-2. The van der Waals surface area contributed by atoms with Crippen molar-refractivity contribution in [3.63, 3.8) is 0 Å². The summed E-state index contributed by atoms with van der Waals surface area (Å²) < 4.78 is 39.1. The van der Waals surface area contributed by atoms with Crippen molar-refractivity contribution in [2.75, 3.05) is 54.0 Å². The Morgan fingerprint density at radius 3 is 1.66 bits per heavy atom. The van der Waals surface area contributed by atoms with E-state index in [-0.39, 0.29) is 98.1 Å². The average Bonchev–Trinajstić information content (AvgIpc) is 3.04. The zero-order valence-electron chi connectivity index (χ0n) is 35.5. The molecule has 15 heteroatoms. The fourth-order valence-corrected chi connectivity index (χ4v) is 5.43. The van der Waals surface area contributed by atoms with Crippen LogP contribution in [0, 0.1) is 12.1 Å². The van der Waals surface area contributed by atoms with Gasteiger partial charge in [0.2, 0.25) is 0 Å². The Hall–Kier alpha value is -1.70. The van der Waals surface area contributed by atoms with Gasteiger partial charge in [-0.25, -0.2) is 4.79 Å². The number of amides is 1. The molecule has 0 bridgehead atoms. The maximum atomic E-state index is 13.5. The van der Waals surface area contributed by atoms with Crippen molar-refractivity contribution in [3.05, 3.63) is 59.7 Å². The number of rotatable bonds is 22. The first-order valence-electron chi connectivity index (χ1n) is 18.4. The second-order valence-electron chi connectivity index (χ2n) is 16.0. The van der Waals surface area contributed by atoms with Gasteiger partial charge in [-0.2, -0.15) is 36.4 Å². The molecule has 0 fully saturated rings. The average molecular weight is 936 g/mol. The van der Waals surface area contributed by atoms with Gasteiger partial charge < -0.3 is 38.5 Å². The van der Waals surface area contributed by atoms with Crippen molar-refractivity contribution in [2.24, 2.45) is 0 Å². The van der Waals surface area contributed by atoms with Crippen molar-refractivity contribution in [1.29, 1.82) is 0 Å². The van der Waals surface area contributed by atoms with Crippen molar-refractivity contribution >= 4 is 18.0 Å². The van der Waals surface area contributed by atoms with E-state index >= 15 is 0 Å². The first-order chi connectivity index (χ1) is 25.3. The van der Waals surface area contributed by atoms with Gasteiger partial charge >= 0.3 is 18.0 Å². The molecule has 1 amide bonds. The van der Waals surface area contributed by atoms with Crippen molar-refractivity contribution in [3.8, 4) is 11.5 Å². The molecule has 56 heavy (non-hydrogen) atoms. The van der Waals surface area contributed by atoms with Gasteiger partial charge in [0.05, 0.1) is 13.1 Å². The predicted octanol–water partition coefficient (Wildman–Crippen LogP) is 6.30. The molecular weight excluding hydrogens is 872 g/mol. The number of carbonyl (C=O) groups excluding carboxylic acids is 3. The van der Waals surface area contributed by atoms with Crippen LogP contribution in [0.15, 0.2) is 36.4 Å². The molecule has 2 radical (unpaired) electrons. The van der Waals surface area contributed by atoms with Crippen molar-refractivity contribution in [2.45, 2.75) is 118 Å². The monoisotopic (exact) mass is 935 g/mol. The SMILES string of the molecule is COCOc1cc[c-]cc1CN(CC(=O)OC(C)(C)C)CC(CCCCNC(=O)OC(C)(C)C)N(CC(=O)OC(C)(C)C)Cc1c[c-]ccc1OCOC.[Y].[Y]. The largest absolute Gasteiger partial charge is 0.493 e. The number of hydrogen-bond acceptors (Lipinski definition) is 12. The van der Waals surface area contributed by atoms with E-state index < -0.39 is 34.8 Å². The van der Waals surface area contributed by atoms with E-state index in [1.54, 1.807) is 38.5 Å². The molecule has 0 spiro atoms. The Labute approximate surface area is 385 Å². The minimum atomic E-state index is -0.704. The van der Waals surface area contributed by atoms with Gasteiger partial charge in [0, 0.05) is 110 Å². The first-order valence-corrected chi connectivity index (χ1v) is 18.4. The van der Waals surface area contributed by atoms with Gasteiger partial charge in [0.1, 0.15) is 16.8 Å². The molecule has 2 aromatic carbocycles. The summed E-state index contributed by atoms with van der Waals surface area (Å²) in [5, 5.41) is 2.83. The van der Waals surface area contributed by atoms with Crippen LogP contribution in [0.2, 0.25) is 0 Å². The molecule has 0 saturated carbocycles. The molecule has 0 heterocycles. The normalized spacial score (nSPS) is 12.2.